The topological polar surface area (TPSA) is 67.8 Å². The average Bonchev–Trinajstić information content (AvgIpc) is 2.47. The van der Waals surface area contributed by atoms with Gasteiger partial charge in [-0.2, -0.15) is 0 Å². The number of nitrogens with one attached hydrogen (secondary N) is 1. The lowest BCUT2D eigenvalue weighted by Gasteiger charge is -2.46. The molecular formula is C18H26FNO4. The predicted molar refractivity (Wildman–Crippen MR) is 88.1 cm³/mol. The summed E-state index contributed by atoms with van der Waals surface area (Å²) in [7, 11) is 0. The van der Waals surface area contributed by atoms with Gasteiger partial charge in [-0.1, -0.05) is 18.2 Å². The summed E-state index contributed by atoms with van der Waals surface area (Å²) in [5, 5.41) is 12.7. The highest BCUT2D eigenvalue weighted by Gasteiger charge is 2.48. The summed E-state index contributed by atoms with van der Waals surface area (Å²) in [6.07, 6.45) is -0.245. The van der Waals surface area contributed by atoms with Gasteiger partial charge in [0, 0.05) is 18.1 Å². The van der Waals surface area contributed by atoms with Crippen molar-refractivity contribution in [2.24, 2.45) is 5.92 Å². The molecule has 0 radical (unpaired) electrons. The number of amides is 1. The molecule has 1 aliphatic heterocycles. The summed E-state index contributed by atoms with van der Waals surface area (Å²) in [6, 6.07) is 6.22. The molecule has 1 fully saturated rings. The Kier molecular flexibility index (Phi) is 5.50. The molecule has 24 heavy (non-hydrogen) atoms. The third-order valence-electron chi connectivity index (χ3n) is 4.21. The molecule has 0 spiro atoms. The molecule has 0 aromatic heterocycles. The van der Waals surface area contributed by atoms with Crippen LogP contribution < -0.4 is 5.32 Å². The van der Waals surface area contributed by atoms with Crippen molar-refractivity contribution < 1.29 is 23.8 Å². The summed E-state index contributed by atoms with van der Waals surface area (Å²) in [6.45, 7) is 7.03. The highest BCUT2D eigenvalue weighted by atomic mass is 19.1. The number of aliphatic hydroxyl groups is 1. The Balaban J connectivity index is 2.42. The maximum absolute atomic E-state index is 14.5. The van der Waals surface area contributed by atoms with Crippen LogP contribution in [0.2, 0.25) is 0 Å². The second kappa shape index (κ2) is 7.07. The first-order chi connectivity index (χ1) is 11.2. The fourth-order valence-corrected chi connectivity index (χ4v) is 3.10. The van der Waals surface area contributed by atoms with E-state index >= 15 is 0 Å². The number of aliphatic hydroxyl groups excluding tert-OH is 1. The molecule has 134 valence electrons. The van der Waals surface area contributed by atoms with Crippen LogP contribution in [0.5, 0.6) is 0 Å². The third kappa shape index (κ3) is 4.05. The van der Waals surface area contributed by atoms with Gasteiger partial charge >= 0.3 is 6.09 Å². The summed E-state index contributed by atoms with van der Waals surface area (Å²) >= 11 is 0. The van der Waals surface area contributed by atoms with Crippen molar-refractivity contribution in [2.45, 2.75) is 51.4 Å². The molecule has 6 heteroatoms. The lowest BCUT2D eigenvalue weighted by molar-refractivity contribution is -0.0834. The fraction of sp³-hybridized carbons (Fsp3) is 0.611. The number of alkyl carbamates (subject to hydrolysis) is 1. The van der Waals surface area contributed by atoms with Gasteiger partial charge in [0.2, 0.25) is 0 Å². The summed E-state index contributed by atoms with van der Waals surface area (Å²) in [4.78, 5) is 12.4. The Hall–Kier alpha value is -1.66. The van der Waals surface area contributed by atoms with Gasteiger partial charge < -0.3 is 19.9 Å². The van der Waals surface area contributed by atoms with Crippen molar-refractivity contribution >= 4 is 6.09 Å². The van der Waals surface area contributed by atoms with Crippen molar-refractivity contribution in [1.82, 2.24) is 5.32 Å². The number of hydrogen-bond acceptors (Lipinski definition) is 4. The first kappa shape index (κ1) is 18.7. The first-order valence-corrected chi connectivity index (χ1v) is 8.16. The number of halogens is 1. The van der Waals surface area contributed by atoms with Crippen molar-refractivity contribution in [3.8, 4) is 0 Å². The van der Waals surface area contributed by atoms with Gasteiger partial charge in [-0.05, 0) is 40.2 Å². The van der Waals surface area contributed by atoms with Crippen LogP contribution in [0, 0.1) is 11.7 Å². The van der Waals surface area contributed by atoms with E-state index < -0.39 is 23.1 Å². The quantitative estimate of drug-likeness (QED) is 0.888. The van der Waals surface area contributed by atoms with E-state index in [0.29, 0.717) is 12.0 Å². The molecule has 1 heterocycles. The Morgan fingerprint density at radius 1 is 1.46 bits per heavy atom. The summed E-state index contributed by atoms with van der Waals surface area (Å²) < 4.78 is 25.5. The monoisotopic (exact) mass is 339 g/mol. The molecule has 0 unspecified atom stereocenters. The molecule has 0 bridgehead atoms. The van der Waals surface area contributed by atoms with E-state index in [9.17, 15) is 14.3 Å². The van der Waals surface area contributed by atoms with E-state index in [1.54, 1.807) is 39.0 Å². The smallest absolute Gasteiger partial charge is 0.408 e. The maximum Gasteiger partial charge on any atom is 0.408 e. The molecule has 1 aliphatic rings. The normalized spacial score (nSPS) is 27.6. The highest BCUT2D eigenvalue weighted by Crippen LogP contribution is 2.39. The highest BCUT2D eigenvalue weighted by molar-refractivity contribution is 5.69. The second-order valence-corrected chi connectivity index (χ2v) is 7.31. The van der Waals surface area contributed by atoms with Gasteiger partial charge in [-0.15, -0.1) is 0 Å². The van der Waals surface area contributed by atoms with Gasteiger partial charge in [0.15, 0.2) is 0 Å². The van der Waals surface area contributed by atoms with Crippen molar-refractivity contribution in [3.05, 3.63) is 35.6 Å². The van der Waals surface area contributed by atoms with E-state index in [4.69, 9.17) is 9.47 Å². The standard InChI is InChI=1S/C18H26FNO4/c1-12-9-13(10-21)18(11-23-12,14-7-5-6-8-15(14)19)20-16(22)24-17(2,3)4/h5-8,12-13,21H,9-11H2,1-4H3,(H,20,22)/t12-,13-,18-/m0/s1. The summed E-state index contributed by atoms with van der Waals surface area (Å²) in [5.41, 5.74) is -1.56. The largest absolute Gasteiger partial charge is 0.444 e. The molecular weight excluding hydrogens is 313 g/mol. The molecule has 2 N–H and O–H groups in total. The van der Waals surface area contributed by atoms with Crippen LogP contribution in [0.4, 0.5) is 9.18 Å². The van der Waals surface area contributed by atoms with Crippen LogP contribution in [-0.2, 0) is 15.0 Å². The lowest BCUT2D eigenvalue weighted by Crippen LogP contribution is -2.59. The Labute approximate surface area is 142 Å². The van der Waals surface area contributed by atoms with Crippen molar-refractivity contribution in [2.75, 3.05) is 13.2 Å². The third-order valence-corrected chi connectivity index (χ3v) is 4.21. The molecule has 0 saturated carbocycles. The zero-order valence-electron chi connectivity index (χ0n) is 14.6. The van der Waals surface area contributed by atoms with Gasteiger partial charge in [-0.25, -0.2) is 9.18 Å². The van der Waals surface area contributed by atoms with Crippen LogP contribution in [0.25, 0.3) is 0 Å². The molecule has 3 atom stereocenters. The number of carbonyl (C=O) groups is 1. The molecule has 1 saturated heterocycles. The lowest BCUT2D eigenvalue weighted by atomic mass is 9.74. The van der Waals surface area contributed by atoms with E-state index in [1.807, 2.05) is 6.92 Å². The Morgan fingerprint density at radius 2 is 2.12 bits per heavy atom. The molecule has 5 nitrogen and oxygen atoms in total. The molecule has 0 aliphatic carbocycles. The minimum absolute atomic E-state index is 0.0690. The average molecular weight is 339 g/mol. The minimum atomic E-state index is -1.17. The second-order valence-electron chi connectivity index (χ2n) is 7.31. The number of ether oxygens (including phenoxy) is 2. The van der Waals surface area contributed by atoms with Gasteiger partial charge in [0.25, 0.3) is 0 Å². The summed E-state index contributed by atoms with van der Waals surface area (Å²) in [5.74, 6) is -0.837. The van der Waals surface area contributed by atoms with Crippen molar-refractivity contribution in [3.63, 3.8) is 0 Å². The number of hydrogen-bond donors (Lipinski definition) is 2. The fourth-order valence-electron chi connectivity index (χ4n) is 3.10. The number of benzene rings is 1. The van der Waals surface area contributed by atoms with Crippen LogP contribution in [0.15, 0.2) is 24.3 Å². The molecule has 1 amide bonds. The molecule has 1 aromatic carbocycles. The predicted octanol–water partition coefficient (Wildman–Crippen LogP) is 2.96. The van der Waals surface area contributed by atoms with Crippen LogP contribution in [-0.4, -0.2) is 36.1 Å². The zero-order valence-corrected chi connectivity index (χ0v) is 14.6. The van der Waals surface area contributed by atoms with E-state index in [0.717, 1.165) is 0 Å². The van der Waals surface area contributed by atoms with E-state index in [1.165, 1.54) is 6.07 Å². The Morgan fingerprint density at radius 3 is 2.71 bits per heavy atom. The minimum Gasteiger partial charge on any atom is -0.444 e. The van der Waals surface area contributed by atoms with Crippen LogP contribution in [0.1, 0.15) is 39.7 Å². The number of rotatable bonds is 3. The number of carbonyl (C=O) groups excluding carboxylic acids is 1. The maximum atomic E-state index is 14.5. The SMILES string of the molecule is C[C@H]1C[C@@H](CO)[C@](NC(=O)OC(C)(C)C)(c2ccccc2F)CO1. The van der Waals surface area contributed by atoms with Gasteiger partial charge in [0.05, 0.1) is 18.2 Å². The zero-order chi connectivity index (χ0) is 18.0. The van der Waals surface area contributed by atoms with Crippen LogP contribution in [0.3, 0.4) is 0 Å². The van der Waals surface area contributed by atoms with Gasteiger partial charge in [-0.3, -0.25) is 0 Å². The molecule has 2 rings (SSSR count). The molecule has 1 aromatic rings. The Bertz CT molecular complexity index is 587. The van der Waals surface area contributed by atoms with E-state index in [-0.39, 0.29) is 25.2 Å². The van der Waals surface area contributed by atoms with E-state index in [2.05, 4.69) is 5.32 Å². The van der Waals surface area contributed by atoms with Crippen molar-refractivity contribution in [1.29, 1.82) is 0 Å². The first-order valence-electron chi connectivity index (χ1n) is 8.16. The van der Waals surface area contributed by atoms with Gasteiger partial charge in [0.1, 0.15) is 11.4 Å². The van der Waals surface area contributed by atoms with Crippen LogP contribution >= 0.6 is 0 Å².